The topological polar surface area (TPSA) is 71.1 Å². The van der Waals surface area contributed by atoms with Crippen molar-refractivity contribution in [3.05, 3.63) is 0 Å². The maximum absolute atomic E-state index is 11.0. The van der Waals surface area contributed by atoms with Crippen LogP contribution < -0.4 is 0 Å². The lowest BCUT2D eigenvalue weighted by Crippen LogP contribution is -2.38. The molecule has 1 fully saturated rings. The Morgan fingerprint density at radius 1 is 1.08 bits per heavy atom. The van der Waals surface area contributed by atoms with Gasteiger partial charge in [0.25, 0.3) is 0 Å². The third kappa shape index (κ3) is 2.11. The van der Waals surface area contributed by atoms with E-state index in [2.05, 4.69) is 9.47 Å². The van der Waals surface area contributed by atoms with Crippen LogP contribution in [-0.2, 0) is 27.4 Å². The van der Waals surface area contributed by atoms with E-state index in [0.717, 1.165) is 0 Å². The minimum atomic E-state index is -1.05. The Hall–Kier alpha value is -0.790. The normalized spacial score (nSPS) is 26.9. The number of carbonyl (C=O) groups is 2. The third-order valence-electron chi connectivity index (χ3n) is 1.43. The monoisotopic (exact) mass is 208 g/mol. The summed E-state index contributed by atoms with van der Waals surface area (Å²) in [5, 5.41) is 0. The molecule has 0 aromatic carbocycles. The van der Waals surface area contributed by atoms with Crippen molar-refractivity contribution in [3.8, 4) is 0 Å². The van der Waals surface area contributed by atoms with Gasteiger partial charge in [0, 0.05) is 0 Å². The van der Waals surface area contributed by atoms with Gasteiger partial charge in [-0.1, -0.05) is 0 Å². The Balaban J connectivity index is 2.63. The summed E-state index contributed by atoms with van der Waals surface area (Å²) in [6.45, 7) is 0. The van der Waals surface area contributed by atoms with Crippen molar-refractivity contribution in [2.75, 3.05) is 14.2 Å². The van der Waals surface area contributed by atoms with E-state index in [1.54, 1.807) is 0 Å². The van der Waals surface area contributed by atoms with Crippen molar-refractivity contribution < 1.29 is 27.4 Å². The largest absolute Gasteiger partial charge is 0.467 e. The smallest absolute Gasteiger partial charge is 0.339 e. The first-order valence-corrected chi connectivity index (χ1v) is 4.02. The van der Waals surface area contributed by atoms with Crippen LogP contribution in [-0.4, -0.2) is 38.4 Å². The van der Waals surface area contributed by atoms with Gasteiger partial charge >= 0.3 is 11.9 Å². The van der Waals surface area contributed by atoms with Crippen LogP contribution in [0.2, 0.25) is 0 Å². The summed E-state index contributed by atoms with van der Waals surface area (Å²) in [5.41, 5.74) is 0. The molecule has 1 aliphatic rings. The highest BCUT2D eigenvalue weighted by molar-refractivity contribution is 7.90. The molecule has 0 aromatic heterocycles. The molecule has 0 spiro atoms. The number of esters is 2. The van der Waals surface area contributed by atoms with Crippen molar-refractivity contribution in [1.82, 2.24) is 0 Å². The Labute approximate surface area is 78.9 Å². The van der Waals surface area contributed by atoms with Crippen LogP contribution in [0.4, 0.5) is 0 Å². The summed E-state index contributed by atoms with van der Waals surface area (Å²) in [7, 11) is 2.39. The molecule has 0 saturated carbocycles. The fourth-order valence-electron chi connectivity index (χ4n) is 0.766. The molecule has 0 aliphatic carbocycles. The van der Waals surface area contributed by atoms with Crippen LogP contribution in [0.15, 0.2) is 0 Å². The Bertz CT molecular complexity index is 195. The number of rotatable bonds is 2. The van der Waals surface area contributed by atoms with Gasteiger partial charge in [-0.05, 0) is 0 Å². The van der Waals surface area contributed by atoms with Gasteiger partial charge < -0.3 is 9.47 Å². The van der Waals surface area contributed by atoms with Crippen LogP contribution in [0.1, 0.15) is 0 Å². The summed E-state index contributed by atoms with van der Waals surface area (Å²) in [6.07, 6.45) is -2.11. The zero-order chi connectivity index (χ0) is 9.84. The number of carbonyl (C=O) groups excluding carboxylic acids is 2. The predicted molar refractivity (Wildman–Crippen MR) is 41.4 cm³/mol. The molecule has 0 radical (unpaired) electrons. The molecule has 74 valence electrons. The van der Waals surface area contributed by atoms with Gasteiger partial charge in [-0.15, -0.1) is 0 Å². The average molecular weight is 208 g/mol. The van der Waals surface area contributed by atoms with Gasteiger partial charge in [0.2, 0.25) is 12.2 Å². The first-order valence-electron chi connectivity index (χ1n) is 3.35. The Kier molecular flexibility index (Phi) is 3.52. The lowest BCUT2D eigenvalue weighted by Gasteiger charge is -2.10. The summed E-state index contributed by atoms with van der Waals surface area (Å²) in [4.78, 5) is 22.0. The summed E-state index contributed by atoms with van der Waals surface area (Å²) in [6, 6.07) is 0. The first kappa shape index (κ1) is 10.3. The molecule has 1 heterocycles. The molecule has 0 N–H and O–H groups in total. The van der Waals surface area contributed by atoms with Gasteiger partial charge in [-0.25, -0.2) is 9.59 Å². The van der Waals surface area contributed by atoms with Gasteiger partial charge in [-0.2, -0.15) is 0 Å². The van der Waals surface area contributed by atoms with Gasteiger partial charge in [-0.3, -0.25) is 8.37 Å². The summed E-state index contributed by atoms with van der Waals surface area (Å²) < 4.78 is 18.3. The van der Waals surface area contributed by atoms with E-state index in [1.165, 1.54) is 14.2 Å². The number of ether oxygens (including phenoxy) is 2. The molecule has 2 unspecified atom stereocenters. The maximum atomic E-state index is 11.0. The number of hydrogen-bond donors (Lipinski definition) is 0. The van der Waals surface area contributed by atoms with Crippen LogP contribution in [0.5, 0.6) is 0 Å². The molecular formula is C6H8O6S. The second-order valence-electron chi connectivity index (χ2n) is 2.15. The van der Waals surface area contributed by atoms with Crippen LogP contribution in [0.3, 0.4) is 0 Å². The lowest BCUT2D eigenvalue weighted by atomic mass is 10.2. The molecule has 0 amide bonds. The molecule has 0 bridgehead atoms. The minimum absolute atomic E-state index is 0.576. The number of methoxy groups -OCH3 is 2. The van der Waals surface area contributed by atoms with Gasteiger partial charge in [0.05, 0.1) is 14.2 Å². The lowest BCUT2D eigenvalue weighted by molar-refractivity contribution is -0.160. The molecule has 13 heavy (non-hydrogen) atoms. The second kappa shape index (κ2) is 4.45. The van der Waals surface area contributed by atoms with E-state index in [1.807, 2.05) is 0 Å². The van der Waals surface area contributed by atoms with Gasteiger partial charge in [0.15, 0.2) is 12.3 Å². The fourth-order valence-corrected chi connectivity index (χ4v) is 1.34. The van der Waals surface area contributed by atoms with E-state index in [-0.39, 0.29) is 0 Å². The molecule has 6 nitrogen and oxygen atoms in total. The average Bonchev–Trinajstić information content (AvgIpc) is 2.63. The highest BCUT2D eigenvalue weighted by Crippen LogP contribution is 2.27. The van der Waals surface area contributed by atoms with E-state index in [9.17, 15) is 9.59 Å². The van der Waals surface area contributed by atoms with Crippen LogP contribution in [0, 0.1) is 0 Å². The zero-order valence-electron chi connectivity index (χ0n) is 7.01. The van der Waals surface area contributed by atoms with E-state index in [4.69, 9.17) is 8.37 Å². The Morgan fingerprint density at radius 3 is 1.77 bits per heavy atom. The summed E-state index contributed by atoms with van der Waals surface area (Å²) >= 11 is 0.576. The van der Waals surface area contributed by atoms with Crippen LogP contribution in [0.25, 0.3) is 0 Å². The Morgan fingerprint density at radius 2 is 1.46 bits per heavy atom. The standard InChI is InChI=1S/C6H8O6S/c1-9-5(7)3-4(6(8)10-2)12-13-11-3/h3-4H,1-2H3. The summed E-state index contributed by atoms with van der Waals surface area (Å²) in [5.74, 6) is -1.33. The maximum Gasteiger partial charge on any atom is 0.339 e. The zero-order valence-corrected chi connectivity index (χ0v) is 7.83. The minimum Gasteiger partial charge on any atom is -0.467 e. The first-order chi connectivity index (χ1) is 6.20. The molecule has 7 heteroatoms. The molecule has 2 atom stereocenters. The fraction of sp³-hybridized carbons (Fsp3) is 0.667. The molecule has 1 saturated heterocycles. The van der Waals surface area contributed by atoms with Crippen LogP contribution >= 0.6 is 12.3 Å². The van der Waals surface area contributed by atoms with E-state index < -0.39 is 24.1 Å². The van der Waals surface area contributed by atoms with Crippen molar-refractivity contribution in [2.45, 2.75) is 12.2 Å². The highest BCUT2D eigenvalue weighted by Gasteiger charge is 2.43. The molecular weight excluding hydrogens is 200 g/mol. The van der Waals surface area contributed by atoms with E-state index >= 15 is 0 Å². The van der Waals surface area contributed by atoms with Crippen molar-refractivity contribution in [3.63, 3.8) is 0 Å². The molecule has 0 aromatic rings. The third-order valence-corrected chi connectivity index (χ3v) is 2.00. The second-order valence-corrected chi connectivity index (χ2v) is 2.67. The predicted octanol–water partition coefficient (Wildman–Crippen LogP) is -0.320. The van der Waals surface area contributed by atoms with Gasteiger partial charge in [0.1, 0.15) is 0 Å². The molecule has 1 aliphatic heterocycles. The molecule has 1 rings (SSSR count). The SMILES string of the molecule is COC(=O)C1OSOC1C(=O)OC. The van der Waals surface area contributed by atoms with Crippen molar-refractivity contribution in [1.29, 1.82) is 0 Å². The number of hydrogen-bond acceptors (Lipinski definition) is 7. The quantitative estimate of drug-likeness (QED) is 0.455. The van der Waals surface area contributed by atoms with Crippen molar-refractivity contribution >= 4 is 24.3 Å². The van der Waals surface area contributed by atoms with E-state index in [0.29, 0.717) is 12.3 Å². The highest BCUT2D eigenvalue weighted by atomic mass is 32.2. The van der Waals surface area contributed by atoms with Crippen molar-refractivity contribution in [2.24, 2.45) is 0 Å².